The van der Waals surface area contributed by atoms with Crippen LogP contribution in [0.2, 0.25) is 0 Å². The molecule has 1 atom stereocenters. The van der Waals surface area contributed by atoms with Gasteiger partial charge in [0.25, 0.3) is 5.69 Å². The van der Waals surface area contributed by atoms with E-state index in [-0.39, 0.29) is 18.3 Å². The summed E-state index contributed by atoms with van der Waals surface area (Å²) < 4.78 is 0. The highest BCUT2D eigenvalue weighted by atomic mass is 16.6. The second-order valence-corrected chi connectivity index (χ2v) is 3.20. The van der Waals surface area contributed by atoms with E-state index in [1.807, 2.05) is 0 Å². The summed E-state index contributed by atoms with van der Waals surface area (Å²) in [5.41, 5.74) is 1.02. The average molecular weight is 210 g/mol. The molecule has 0 radical (unpaired) electrons. The number of nitro benzene ring substituents is 1. The van der Waals surface area contributed by atoms with E-state index in [1.165, 1.54) is 12.1 Å². The Morgan fingerprint density at radius 3 is 2.47 bits per heavy atom. The van der Waals surface area contributed by atoms with Crippen LogP contribution in [0.25, 0.3) is 0 Å². The van der Waals surface area contributed by atoms with Crippen molar-refractivity contribution in [3.63, 3.8) is 0 Å². The number of nitro groups is 1. The Balaban J connectivity index is 2.81. The number of nitrogens with zero attached hydrogens (tertiary/aromatic N) is 1. The van der Waals surface area contributed by atoms with E-state index in [0.717, 1.165) is 5.56 Å². The molecule has 0 fully saturated rings. The summed E-state index contributed by atoms with van der Waals surface area (Å²) >= 11 is 0. The molecule has 1 unspecified atom stereocenters. The zero-order valence-corrected chi connectivity index (χ0v) is 8.51. The number of hydrogen-bond donors (Lipinski definition) is 2. The van der Waals surface area contributed by atoms with Crippen molar-refractivity contribution in [2.45, 2.75) is 12.5 Å². The van der Waals surface area contributed by atoms with Crippen LogP contribution in [-0.4, -0.2) is 23.7 Å². The van der Waals surface area contributed by atoms with Gasteiger partial charge in [0.05, 0.1) is 4.92 Å². The van der Waals surface area contributed by atoms with Crippen LogP contribution in [-0.2, 0) is 0 Å². The lowest BCUT2D eigenvalue weighted by Crippen LogP contribution is -2.17. The van der Waals surface area contributed by atoms with Gasteiger partial charge >= 0.3 is 0 Å². The van der Waals surface area contributed by atoms with Gasteiger partial charge in [-0.2, -0.15) is 0 Å². The van der Waals surface area contributed by atoms with Gasteiger partial charge in [-0.3, -0.25) is 10.1 Å². The number of non-ortho nitro benzene ring substituents is 1. The molecule has 2 N–H and O–H groups in total. The summed E-state index contributed by atoms with van der Waals surface area (Å²) in [6, 6.07) is 6.38. The summed E-state index contributed by atoms with van der Waals surface area (Å²) in [7, 11) is 1.79. The quantitative estimate of drug-likeness (QED) is 0.566. The molecule has 0 aliphatic heterocycles. The van der Waals surface area contributed by atoms with Crippen molar-refractivity contribution < 1.29 is 10.0 Å². The zero-order valence-electron chi connectivity index (χ0n) is 8.51. The Bertz CT molecular complexity index is 324. The fraction of sp³-hybridized carbons (Fsp3) is 0.400. The minimum Gasteiger partial charge on any atom is -0.396 e. The molecule has 0 aliphatic carbocycles. The normalized spacial score (nSPS) is 12.4. The maximum Gasteiger partial charge on any atom is 0.269 e. The number of aliphatic hydroxyl groups excluding tert-OH is 1. The van der Waals surface area contributed by atoms with E-state index in [1.54, 1.807) is 19.2 Å². The van der Waals surface area contributed by atoms with Crippen molar-refractivity contribution in [1.29, 1.82) is 0 Å². The smallest absolute Gasteiger partial charge is 0.269 e. The lowest BCUT2D eigenvalue weighted by Gasteiger charge is -2.14. The molecule has 1 rings (SSSR count). The number of rotatable bonds is 5. The van der Waals surface area contributed by atoms with E-state index < -0.39 is 4.92 Å². The van der Waals surface area contributed by atoms with E-state index in [9.17, 15) is 10.1 Å². The summed E-state index contributed by atoms with van der Waals surface area (Å²) in [6.07, 6.45) is 0.592. The van der Waals surface area contributed by atoms with Crippen LogP contribution in [0.5, 0.6) is 0 Å². The maximum absolute atomic E-state index is 10.4. The maximum atomic E-state index is 10.4. The van der Waals surface area contributed by atoms with Gasteiger partial charge in [-0.15, -0.1) is 0 Å². The first kappa shape index (κ1) is 11.6. The first-order valence-electron chi connectivity index (χ1n) is 4.71. The predicted octanol–water partition coefficient (Wildman–Crippen LogP) is 1.24. The first-order chi connectivity index (χ1) is 7.19. The lowest BCUT2D eigenvalue weighted by molar-refractivity contribution is -0.384. The highest BCUT2D eigenvalue weighted by Gasteiger charge is 2.10. The molecule has 5 nitrogen and oxygen atoms in total. The van der Waals surface area contributed by atoms with Gasteiger partial charge in [0.2, 0.25) is 0 Å². The number of aliphatic hydroxyl groups is 1. The minimum atomic E-state index is -0.426. The summed E-state index contributed by atoms with van der Waals surface area (Å²) in [6.45, 7) is 0.0858. The zero-order chi connectivity index (χ0) is 11.3. The van der Waals surface area contributed by atoms with Gasteiger partial charge < -0.3 is 10.4 Å². The Kier molecular flexibility index (Phi) is 4.20. The fourth-order valence-electron chi connectivity index (χ4n) is 1.44. The highest BCUT2D eigenvalue weighted by molar-refractivity contribution is 5.34. The topological polar surface area (TPSA) is 75.4 Å². The van der Waals surface area contributed by atoms with Gasteiger partial charge in [-0.05, 0) is 19.0 Å². The average Bonchev–Trinajstić information content (AvgIpc) is 2.26. The molecule has 5 heteroatoms. The largest absolute Gasteiger partial charge is 0.396 e. The van der Waals surface area contributed by atoms with Gasteiger partial charge in [0.15, 0.2) is 0 Å². The highest BCUT2D eigenvalue weighted by Crippen LogP contribution is 2.19. The van der Waals surface area contributed by atoms with Crippen molar-refractivity contribution in [2.24, 2.45) is 0 Å². The SMILES string of the molecule is CNC(CCO)c1ccc([N+](=O)[O-])cc1. The molecule has 0 bridgehead atoms. The number of hydrogen-bond acceptors (Lipinski definition) is 4. The number of benzene rings is 1. The second-order valence-electron chi connectivity index (χ2n) is 3.20. The molecular formula is C10H14N2O3. The molecule has 0 amide bonds. The first-order valence-corrected chi connectivity index (χ1v) is 4.71. The molecular weight excluding hydrogens is 196 g/mol. The summed E-state index contributed by atoms with van der Waals surface area (Å²) in [5, 5.41) is 22.3. The van der Waals surface area contributed by atoms with E-state index in [4.69, 9.17) is 5.11 Å². The molecule has 1 aromatic rings. The molecule has 82 valence electrons. The van der Waals surface area contributed by atoms with E-state index >= 15 is 0 Å². The Hall–Kier alpha value is -1.46. The van der Waals surface area contributed by atoms with Crippen LogP contribution < -0.4 is 5.32 Å². The third kappa shape index (κ3) is 3.00. The van der Waals surface area contributed by atoms with Gasteiger partial charge in [0, 0.05) is 24.8 Å². The molecule has 0 saturated heterocycles. The second kappa shape index (κ2) is 5.43. The standard InChI is InChI=1S/C10H14N2O3/c1-11-10(6-7-13)8-2-4-9(5-3-8)12(14)15/h2-5,10-11,13H,6-7H2,1H3. The van der Waals surface area contributed by atoms with E-state index in [2.05, 4.69) is 5.32 Å². The van der Waals surface area contributed by atoms with Crippen LogP contribution in [0, 0.1) is 10.1 Å². The molecule has 0 spiro atoms. The molecule has 0 saturated carbocycles. The fourth-order valence-corrected chi connectivity index (χ4v) is 1.44. The van der Waals surface area contributed by atoms with Crippen molar-refractivity contribution in [3.05, 3.63) is 39.9 Å². The third-order valence-corrected chi connectivity index (χ3v) is 2.27. The molecule has 1 aromatic carbocycles. The molecule has 0 heterocycles. The van der Waals surface area contributed by atoms with Crippen LogP contribution in [0.3, 0.4) is 0 Å². The van der Waals surface area contributed by atoms with Gasteiger partial charge in [-0.1, -0.05) is 12.1 Å². The van der Waals surface area contributed by atoms with Crippen molar-refractivity contribution in [3.8, 4) is 0 Å². The van der Waals surface area contributed by atoms with Crippen LogP contribution >= 0.6 is 0 Å². The third-order valence-electron chi connectivity index (χ3n) is 2.27. The van der Waals surface area contributed by atoms with Gasteiger partial charge in [-0.25, -0.2) is 0 Å². The Labute approximate surface area is 87.9 Å². The molecule has 15 heavy (non-hydrogen) atoms. The monoisotopic (exact) mass is 210 g/mol. The lowest BCUT2D eigenvalue weighted by atomic mass is 10.0. The molecule has 0 aromatic heterocycles. The Morgan fingerprint density at radius 2 is 2.07 bits per heavy atom. The summed E-state index contributed by atoms with van der Waals surface area (Å²) in [5.74, 6) is 0. The minimum absolute atomic E-state index is 0.0378. The number of nitrogens with one attached hydrogen (secondary N) is 1. The van der Waals surface area contributed by atoms with Crippen LogP contribution in [0.15, 0.2) is 24.3 Å². The van der Waals surface area contributed by atoms with E-state index in [0.29, 0.717) is 6.42 Å². The van der Waals surface area contributed by atoms with Crippen LogP contribution in [0.1, 0.15) is 18.0 Å². The van der Waals surface area contributed by atoms with Gasteiger partial charge in [0.1, 0.15) is 0 Å². The molecule has 0 aliphatic rings. The predicted molar refractivity (Wildman–Crippen MR) is 56.6 cm³/mol. The van der Waals surface area contributed by atoms with Crippen molar-refractivity contribution >= 4 is 5.69 Å². The Morgan fingerprint density at radius 1 is 1.47 bits per heavy atom. The summed E-state index contributed by atoms with van der Waals surface area (Å²) in [4.78, 5) is 10.0. The van der Waals surface area contributed by atoms with Crippen LogP contribution in [0.4, 0.5) is 5.69 Å². The van der Waals surface area contributed by atoms with Crippen molar-refractivity contribution in [1.82, 2.24) is 5.32 Å². The van der Waals surface area contributed by atoms with Crippen molar-refractivity contribution in [2.75, 3.05) is 13.7 Å².